The second-order valence-electron chi connectivity index (χ2n) is 8.33. The summed E-state index contributed by atoms with van der Waals surface area (Å²) in [7, 11) is 0. The topological polar surface area (TPSA) is 68.2 Å². The number of hydrogen-bond donors (Lipinski definition) is 2. The van der Waals surface area contributed by atoms with E-state index in [1.807, 2.05) is 91.0 Å². The van der Waals surface area contributed by atoms with Gasteiger partial charge in [-0.2, -0.15) is 0 Å². The first-order chi connectivity index (χ1) is 17.1. The first-order valence-corrected chi connectivity index (χ1v) is 11.7. The number of ether oxygens (including phenoxy) is 3. The molecule has 35 heavy (non-hydrogen) atoms. The van der Waals surface area contributed by atoms with Crippen LogP contribution in [0.5, 0.6) is 0 Å². The number of rotatable bonds is 15. The quantitative estimate of drug-likeness (QED) is 0.309. The van der Waals surface area contributed by atoms with Crippen LogP contribution in [0.1, 0.15) is 16.7 Å². The standard InChI is InChI=1S/C30H34O5/c1-3-27(31)28(32)30(35-22-26-17-11-6-12-18-26)29(34-21-25-15-9-5-10-16-25)23(2)19-33-20-24-13-7-4-8-14-24/h3-18,27-32H,1-2,19-22H2/t27-,28-,29-,30-/m1/s1. The van der Waals surface area contributed by atoms with Gasteiger partial charge in [0.1, 0.15) is 24.4 Å². The summed E-state index contributed by atoms with van der Waals surface area (Å²) in [4.78, 5) is 0. The predicted molar refractivity (Wildman–Crippen MR) is 137 cm³/mol. The van der Waals surface area contributed by atoms with Gasteiger partial charge in [0.2, 0.25) is 0 Å². The summed E-state index contributed by atoms with van der Waals surface area (Å²) in [5.74, 6) is 0. The molecule has 0 aromatic heterocycles. The lowest BCUT2D eigenvalue weighted by molar-refractivity contribution is -0.142. The fourth-order valence-corrected chi connectivity index (χ4v) is 3.63. The molecule has 0 aliphatic heterocycles. The Balaban J connectivity index is 1.77. The van der Waals surface area contributed by atoms with Crippen molar-refractivity contribution in [1.29, 1.82) is 0 Å². The van der Waals surface area contributed by atoms with Crippen LogP contribution in [0.15, 0.2) is 116 Å². The molecule has 0 spiro atoms. The Labute approximate surface area is 207 Å². The van der Waals surface area contributed by atoms with Gasteiger partial charge in [0.25, 0.3) is 0 Å². The summed E-state index contributed by atoms with van der Waals surface area (Å²) in [6, 6.07) is 29.2. The zero-order valence-corrected chi connectivity index (χ0v) is 19.9. The molecule has 3 rings (SSSR count). The first kappa shape index (κ1) is 26.5. The molecule has 0 amide bonds. The average molecular weight is 475 g/mol. The maximum Gasteiger partial charge on any atom is 0.117 e. The summed E-state index contributed by atoms with van der Waals surface area (Å²) >= 11 is 0. The largest absolute Gasteiger partial charge is 0.387 e. The maximum atomic E-state index is 11.0. The van der Waals surface area contributed by atoms with Gasteiger partial charge in [0.15, 0.2) is 0 Å². The van der Waals surface area contributed by atoms with Gasteiger partial charge in [0, 0.05) is 0 Å². The molecule has 0 aliphatic rings. The van der Waals surface area contributed by atoms with Crippen molar-refractivity contribution in [1.82, 2.24) is 0 Å². The van der Waals surface area contributed by atoms with Crippen LogP contribution in [-0.2, 0) is 34.0 Å². The van der Waals surface area contributed by atoms with E-state index in [-0.39, 0.29) is 19.8 Å². The molecule has 5 heteroatoms. The summed E-state index contributed by atoms with van der Waals surface area (Å²) in [6.45, 7) is 8.94. The van der Waals surface area contributed by atoms with Crippen molar-refractivity contribution in [3.8, 4) is 0 Å². The molecule has 0 bridgehead atoms. The highest BCUT2D eigenvalue weighted by atomic mass is 16.6. The van der Waals surface area contributed by atoms with Gasteiger partial charge in [-0.15, -0.1) is 6.58 Å². The van der Waals surface area contributed by atoms with Crippen molar-refractivity contribution < 1.29 is 24.4 Å². The molecule has 0 radical (unpaired) electrons. The molecule has 184 valence electrons. The summed E-state index contributed by atoms with van der Waals surface area (Å²) in [5.41, 5.74) is 3.55. The van der Waals surface area contributed by atoms with Crippen LogP contribution in [0.2, 0.25) is 0 Å². The highest BCUT2D eigenvalue weighted by molar-refractivity contribution is 5.17. The second-order valence-corrected chi connectivity index (χ2v) is 8.33. The summed E-state index contributed by atoms with van der Waals surface area (Å²) in [5, 5.41) is 21.3. The van der Waals surface area contributed by atoms with E-state index < -0.39 is 24.4 Å². The average Bonchev–Trinajstić information content (AvgIpc) is 2.91. The van der Waals surface area contributed by atoms with Crippen molar-refractivity contribution in [3.63, 3.8) is 0 Å². The fraction of sp³-hybridized carbons (Fsp3) is 0.267. The van der Waals surface area contributed by atoms with Gasteiger partial charge in [-0.3, -0.25) is 0 Å². The lowest BCUT2D eigenvalue weighted by atomic mass is 9.97. The third kappa shape index (κ3) is 8.58. The van der Waals surface area contributed by atoms with E-state index in [4.69, 9.17) is 14.2 Å². The maximum absolute atomic E-state index is 11.0. The van der Waals surface area contributed by atoms with E-state index in [9.17, 15) is 10.2 Å². The Morgan fingerprint density at radius 2 is 1.17 bits per heavy atom. The van der Waals surface area contributed by atoms with E-state index >= 15 is 0 Å². The first-order valence-electron chi connectivity index (χ1n) is 11.7. The minimum absolute atomic E-state index is 0.205. The van der Waals surface area contributed by atoms with Gasteiger partial charge >= 0.3 is 0 Å². The molecule has 0 saturated carbocycles. The van der Waals surface area contributed by atoms with E-state index in [1.54, 1.807) is 0 Å². The Kier molecular flexibility index (Phi) is 10.9. The van der Waals surface area contributed by atoms with Crippen molar-refractivity contribution in [3.05, 3.63) is 132 Å². The number of aliphatic hydroxyl groups excluding tert-OH is 2. The number of hydrogen-bond acceptors (Lipinski definition) is 5. The molecule has 2 N–H and O–H groups in total. The predicted octanol–water partition coefficient (Wildman–Crippen LogP) is 4.84. The van der Waals surface area contributed by atoms with E-state index in [0.29, 0.717) is 12.2 Å². The molecule has 0 saturated heterocycles. The highest BCUT2D eigenvalue weighted by Crippen LogP contribution is 2.22. The zero-order valence-electron chi connectivity index (χ0n) is 19.9. The van der Waals surface area contributed by atoms with Gasteiger partial charge < -0.3 is 24.4 Å². The van der Waals surface area contributed by atoms with Crippen molar-refractivity contribution in [2.75, 3.05) is 6.61 Å². The third-order valence-electron chi connectivity index (χ3n) is 5.59. The fourth-order valence-electron chi connectivity index (χ4n) is 3.63. The molecule has 0 fully saturated rings. The van der Waals surface area contributed by atoms with Crippen LogP contribution in [0.25, 0.3) is 0 Å². The van der Waals surface area contributed by atoms with Crippen LogP contribution in [0.4, 0.5) is 0 Å². The van der Waals surface area contributed by atoms with Crippen LogP contribution >= 0.6 is 0 Å². The van der Waals surface area contributed by atoms with Gasteiger partial charge in [-0.05, 0) is 22.3 Å². The summed E-state index contributed by atoms with van der Waals surface area (Å²) in [6.07, 6.45) is -2.83. The molecular weight excluding hydrogens is 440 g/mol. The van der Waals surface area contributed by atoms with Crippen LogP contribution in [0.3, 0.4) is 0 Å². The van der Waals surface area contributed by atoms with E-state index in [2.05, 4.69) is 13.2 Å². The number of aliphatic hydroxyl groups is 2. The van der Waals surface area contributed by atoms with Gasteiger partial charge in [0.05, 0.1) is 26.4 Å². The molecular formula is C30H34O5. The SMILES string of the molecule is C=C[C@@H](O)[C@@H](O)[C@@H](OCc1ccccc1)[C@H](OCc1ccccc1)C(=C)COCc1ccccc1. The Morgan fingerprint density at radius 1 is 0.714 bits per heavy atom. The minimum Gasteiger partial charge on any atom is -0.387 e. The Bertz CT molecular complexity index is 1010. The van der Waals surface area contributed by atoms with E-state index in [1.165, 1.54) is 6.08 Å². The minimum atomic E-state index is -1.28. The molecule has 0 aliphatic carbocycles. The second kappa shape index (κ2) is 14.4. The van der Waals surface area contributed by atoms with Crippen LogP contribution in [0, 0.1) is 0 Å². The molecule has 4 atom stereocenters. The van der Waals surface area contributed by atoms with Gasteiger partial charge in [-0.1, -0.05) is 104 Å². The summed E-state index contributed by atoms with van der Waals surface area (Å²) < 4.78 is 18.3. The lowest BCUT2D eigenvalue weighted by Gasteiger charge is -2.33. The monoisotopic (exact) mass is 474 g/mol. The highest BCUT2D eigenvalue weighted by Gasteiger charge is 2.35. The van der Waals surface area contributed by atoms with Crippen molar-refractivity contribution in [2.24, 2.45) is 0 Å². The number of benzene rings is 3. The molecule has 0 unspecified atom stereocenters. The molecule has 0 heterocycles. The normalized spacial score (nSPS) is 14.6. The van der Waals surface area contributed by atoms with Crippen molar-refractivity contribution >= 4 is 0 Å². The lowest BCUT2D eigenvalue weighted by Crippen LogP contribution is -2.47. The van der Waals surface area contributed by atoms with E-state index in [0.717, 1.165) is 16.7 Å². The van der Waals surface area contributed by atoms with Crippen molar-refractivity contribution in [2.45, 2.75) is 44.2 Å². The Morgan fingerprint density at radius 3 is 1.66 bits per heavy atom. The molecule has 3 aromatic carbocycles. The molecule has 5 nitrogen and oxygen atoms in total. The third-order valence-corrected chi connectivity index (χ3v) is 5.59. The van der Waals surface area contributed by atoms with Crippen LogP contribution in [-0.4, -0.2) is 41.2 Å². The zero-order chi connectivity index (χ0) is 24.9. The molecule has 3 aromatic rings. The Hall–Kier alpha value is -3.06. The van der Waals surface area contributed by atoms with Gasteiger partial charge in [-0.25, -0.2) is 0 Å². The van der Waals surface area contributed by atoms with Crippen LogP contribution < -0.4 is 0 Å². The smallest absolute Gasteiger partial charge is 0.117 e.